The Labute approximate surface area is 178 Å². The Hall–Kier alpha value is -2.40. The Bertz CT molecular complexity index is 889. The van der Waals surface area contributed by atoms with Crippen molar-refractivity contribution in [2.75, 3.05) is 19.7 Å². The highest BCUT2D eigenvalue weighted by Crippen LogP contribution is 2.39. The van der Waals surface area contributed by atoms with Crippen molar-refractivity contribution in [3.05, 3.63) is 65.0 Å². The number of carbonyl (C=O) groups excluding carboxylic acids is 1. The molecule has 160 valence electrons. The van der Waals surface area contributed by atoms with Gasteiger partial charge in [-0.2, -0.15) is 0 Å². The lowest BCUT2D eigenvalue weighted by Crippen LogP contribution is -2.48. The third-order valence-electron chi connectivity index (χ3n) is 6.24. The van der Waals surface area contributed by atoms with Crippen LogP contribution in [0.25, 0.3) is 0 Å². The fourth-order valence-electron chi connectivity index (χ4n) is 4.56. The summed E-state index contributed by atoms with van der Waals surface area (Å²) >= 11 is 0. The summed E-state index contributed by atoms with van der Waals surface area (Å²) in [5.74, 6) is 1.30. The summed E-state index contributed by atoms with van der Waals surface area (Å²) < 4.78 is 19.7. The summed E-state index contributed by atoms with van der Waals surface area (Å²) in [7, 11) is 0. The minimum atomic E-state index is -0.440. The van der Waals surface area contributed by atoms with Crippen molar-refractivity contribution in [3.8, 4) is 5.75 Å². The monoisotopic (exact) mass is 410 g/mol. The van der Waals surface area contributed by atoms with Crippen molar-refractivity contribution < 1.29 is 13.9 Å². The quantitative estimate of drug-likeness (QED) is 0.798. The maximum absolute atomic E-state index is 14.0. The van der Waals surface area contributed by atoms with Crippen LogP contribution in [0.15, 0.2) is 42.5 Å². The Balaban J connectivity index is 1.58. The van der Waals surface area contributed by atoms with Crippen LogP contribution in [0.1, 0.15) is 43.4 Å². The first-order chi connectivity index (χ1) is 14.4. The van der Waals surface area contributed by atoms with E-state index in [2.05, 4.69) is 19.2 Å². The molecule has 5 heteroatoms. The molecule has 1 amide bonds. The molecule has 0 radical (unpaired) electrons. The number of rotatable bonds is 5. The van der Waals surface area contributed by atoms with Crippen molar-refractivity contribution in [2.24, 2.45) is 11.3 Å². The zero-order valence-electron chi connectivity index (χ0n) is 17.9. The van der Waals surface area contributed by atoms with Gasteiger partial charge in [-0.05, 0) is 79.2 Å². The van der Waals surface area contributed by atoms with Crippen LogP contribution in [0.2, 0.25) is 0 Å². The third-order valence-corrected chi connectivity index (χ3v) is 6.24. The van der Waals surface area contributed by atoms with Crippen LogP contribution in [0.5, 0.6) is 5.75 Å². The second-order valence-electron chi connectivity index (χ2n) is 9.13. The van der Waals surface area contributed by atoms with Gasteiger partial charge in [0.05, 0.1) is 12.0 Å². The molecular formula is C25H31FN2O2. The summed E-state index contributed by atoms with van der Waals surface area (Å²) in [6.07, 6.45) is 2.21. The van der Waals surface area contributed by atoms with E-state index in [0.717, 1.165) is 48.4 Å². The lowest BCUT2D eigenvalue weighted by molar-refractivity contribution is -0.144. The van der Waals surface area contributed by atoms with Gasteiger partial charge in [-0.25, -0.2) is 4.39 Å². The van der Waals surface area contributed by atoms with E-state index in [4.69, 9.17) is 4.74 Å². The van der Waals surface area contributed by atoms with E-state index in [1.54, 1.807) is 6.07 Å². The number of carbonyl (C=O) groups is 1. The van der Waals surface area contributed by atoms with Crippen LogP contribution in [0.4, 0.5) is 4.39 Å². The van der Waals surface area contributed by atoms with Crippen LogP contribution in [0, 0.1) is 17.2 Å². The molecule has 2 aliphatic rings. The highest BCUT2D eigenvalue weighted by atomic mass is 19.1. The molecule has 2 aromatic carbocycles. The van der Waals surface area contributed by atoms with Gasteiger partial charge in [-0.1, -0.05) is 32.0 Å². The van der Waals surface area contributed by atoms with Gasteiger partial charge in [0.15, 0.2) is 0 Å². The van der Waals surface area contributed by atoms with Crippen molar-refractivity contribution in [1.29, 1.82) is 0 Å². The molecule has 0 atom stereocenters. The molecule has 2 heterocycles. The van der Waals surface area contributed by atoms with Crippen LogP contribution in [-0.4, -0.2) is 30.5 Å². The zero-order valence-corrected chi connectivity index (χ0v) is 17.9. The fourth-order valence-corrected chi connectivity index (χ4v) is 4.56. The molecule has 0 unspecified atom stereocenters. The minimum absolute atomic E-state index is 0.195. The average Bonchev–Trinajstić information content (AvgIpc) is 2.83. The number of hydrogen-bond acceptors (Lipinski definition) is 3. The number of hydrogen-bond donors (Lipinski definition) is 1. The van der Waals surface area contributed by atoms with Gasteiger partial charge in [-0.3, -0.25) is 4.79 Å². The maximum Gasteiger partial charge on any atom is 0.229 e. The first kappa shape index (κ1) is 20.9. The second-order valence-corrected chi connectivity index (χ2v) is 9.13. The lowest BCUT2D eigenvalue weighted by Gasteiger charge is -2.38. The molecule has 1 saturated heterocycles. The van der Waals surface area contributed by atoms with E-state index < -0.39 is 5.41 Å². The first-order valence-corrected chi connectivity index (χ1v) is 10.9. The smallest absolute Gasteiger partial charge is 0.229 e. The van der Waals surface area contributed by atoms with Gasteiger partial charge in [0.2, 0.25) is 5.91 Å². The number of benzene rings is 2. The first-order valence-electron chi connectivity index (χ1n) is 10.9. The number of ether oxygens (including phenoxy) is 1. The van der Waals surface area contributed by atoms with E-state index in [-0.39, 0.29) is 11.7 Å². The predicted molar refractivity (Wildman–Crippen MR) is 116 cm³/mol. The Morgan fingerprint density at radius 2 is 1.83 bits per heavy atom. The van der Waals surface area contributed by atoms with E-state index in [0.29, 0.717) is 32.0 Å². The maximum atomic E-state index is 14.0. The van der Waals surface area contributed by atoms with E-state index in [1.807, 2.05) is 35.2 Å². The Morgan fingerprint density at radius 3 is 2.53 bits per heavy atom. The molecule has 0 bridgehead atoms. The molecule has 0 saturated carbocycles. The van der Waals surface area contributed by atoms with Gasteiger partial charge in [-0.15, -0.1) is 0 Å². The minimum Gasteiger partial charge on any atom is -0.493 e. The number of halogens is 1. The molecule has 0 aromatic heterocycles. The molecule has 30 heavy (non-hydrogen) atoms. The normalized spacial score (nSPS) is 18.4. The van der Waals surface area contributed by atoms with E-state index in [1.165, 1.54) is 6.07 Å². The standard InChI is InChI=1S/C25H31FN2O2/c1-18(2)17-30-23-7-3-19(4-8-23)15-28-16-20-5-6-22(26)13-21(20)14-25(24(28)29)9-11-27-12-10-25/h3-8,13,18,27H,9-12,14-17H2,1-2H3. The summed E-state index contributed by atoms with van der Waals surface area (Å²) in [4.78, 5) is 15.7. The summed E-state index contributed by atoms with van der Waals surface area (Å²) in [5, 5.41) is 3.36. The summed E-state index contributed by atoms with van der Waals surface area (Å²) in [6, 6.07) is 13.0. The van der Waals surface area contributed by atoms with Gasteiger partial charge < -0.3 is 15.0 Å². The molecule has 2 aliphatic heterocycles. The van der Waals surface area contributed by atoms with Gasteiger partial charge >= 0.3 is 0 Å². The Morgan fingerprint density at radius 1 is 1.10 bits per heavy atom. The fraction of sp³-hybridized carbons (Fsp3) is 0.480. The molecule has 1 fully saturated rings. The highest BCUT2D eigenvalue weighted by molar-refractivity contribution is 5.84. The summed E-state index contributed by atoms with van der Waals surface area (Å²) in [6.45, 7) is 7.66. The topological polar surface area (TPSA) is 41.6 Å². The van der Waals surface area contributed by atoms with E-state index in [9.17, 15) is 9.18 Å². The largest absolute Gasteiger partial charge is 0.493 e. The number of nitrogens with zero attached hydrogens (tertiary/aromatic N) is 1. The summed E-state index contributed by atoms with van der Waals surface area (Å²) in [5.41, 5.74) is 2.67. The van der Waals surface area contributed by atoms with Gasteiger partial charge in [0.25, 0.3) is 0 Å². The van der Waals surface area contributed by atoms with Gasteiger partial charge in [0.1, 0.15) is 11.6 Å². The van der Waals surface area contributed by atoms with Crippen molar-refractivity contribution in [1.82, 2.24) is 10.2 Å². The van der Waals surface area contributed by atoms with Crippen LogP contribution < -0.4 is 10.1 Å². The SMILES string of the molecule is CC(C)COc1ccc(CN2Cc3ccc(F)cc3CC3(CCNCC3)C2=O)cc1. The molecule has 4 rings (SSSR count). The predicted octanol–water partition coefficient (Wildman–Crippen LogP) is 4.32. The highest BCUT2D eigenvalue weighted by Gasteiger charge is 2.44. The second kappa shape index (κ2) is 8.76. The Kier molecular flexibility index (Phi) is 6.09. The van der Waals surface area contributed by atoms with Crippen LogP contribution >= 0.6 is 0 Å². The number of fused-ring (bicyclic) bond motifs is 1. The molecule has 1 spiro atoms. The lowest BCUT2D eigenvalue weighted by atomic mass is 9.73. The van der Waals surface area contributed by atoms with E-state index >= 15 is 0 Å². The molecular weight excluding hydrogens is 379 g/mol. The number of nitrogens with one attached hydrogen (secondary N) is 1. The molecule has 1 N–H and O–H groups in total. The van der Waals surface area contributed by atoms with Crippen LogP contribution in [0.3, 0.4) is 0 Å². The number of amides is 1. The van der Waals surface area contributed by atoms with Crippen molar-refractivity contribution >= 4 is 5.91 Å². The third kappa shape index (κ3) is 4.51. The van der Waals surface area contributed by atoms with Crippen molar-refractivity contribution in [3.63, 3.8) is 0 Å². The molecule has 0 aliphatic carbocycles. The average molecular weight is 411 g/mol. The van der Waals surface area contributed by atoms with Gasteiger partial charge in [0, 0.05) is 13.1 Å². The van der Waals surface area contributed by atoms with Crippen molar-refractivity contribution in [2.45, 2.75) is 46.2 Å². The molecule has 2 aromatic rings. The zero-order chi connectivity index (χ0) is 21.1. The van der Waals surface area contributed by atoms with Crippen LogP contribution in [-0.2, 0) is 24.3 Å². The number of piperidine rings is 1. The molecule has 4 nitrogen and oxygen atoms in total.